The van der Waals surface area contributed by atoms with Gasteiger partial charge in [0.05, 0.1) is 0 Å². The Morgan fingerprint density at radius 1 is 0.850 bits per heavy atom. The predicted octanol–water partition coefficient (Wildman–Crippen LogP) is 3.07. The smallest absolute Gasteiger partial charge is 0.00553 e. The minimum absolute atomic E-state index is 0.260. The number of rotatable bonds is 3. The first kappa shape index (κ1) is 13.8. The van der Waals surface area contributed by atoms with Gasteiger partial charge in [0.1, 0.15) is 0 Å². The van der Waals surface area contributed by atoms with Gasteiger partial charge in [0.25, 0.3) is 0 Å². The molecule has 0 radical (unpaired) electrons. The highest BCUT2D eigenvalue weighted by molar-refractivity contribution is 7.73. The van der Waals surface area contributed by atoms with E-state index in [-0.39, 0.29) is 7.92 Å². The maximum absolute atomic E-state index is 2.48. The molecule has 2 atom stereocenters. The van der Waals surface area contributed by atoms with Crippen LogP contribution in [0.5, 0.6) is 0 Å². The molecule has 0 bridgehead atoms. The normalized spacial score (nSPS) is 23.4. The third-order valence-electron chi connectivity index (χ3n) is 4.16. The molecule has 0 saturated carbocycles. The first-order valence-electron chi connectivity index (χ1n) is 7.33. The molecule has 104 valence electrons. The molecule has 2 aromatic rings. The summed E-state index contributed by atoms with van der Waals surface area (Å²) in [6.07, 6.45) is 0. The Balaban J connectivity index is 2.00. The Hall–Kier alpha value is -1.17. The van der Waals surface area contributed by atoms with Crippen LogP contribution in [0.1, 0.15) is 6.92 Å². The van der Waals surface area contributed by atoms with Gasteiger partial charge in [0.15, 0.2) is 0 Å². The standard InChI is InChI=1S/C18H22NP/c1-15-13-19(2)14-18(15)20(16-9-5-3-6-10-16)17-11-7-4-8-12-17/h3-12,15,18H,13-14H2,1-2H3. The van der Waals surface area contributed by atoms with Crippen molar-refractivity contribution in [1.29, 1.82) is 0 Å². The molecule has 0 spiro atoms. The summed E-state index contributed by atoms with van der Waals surface area (Å²) in [5.41, 5.74) is 0.764. The fourth-order valence-electron chi connectivity index (χ4n) is 3.23. The van der Waals surface area contributed by atoms with Crippen LogP contribution >= 0.6 is 7.92 Å². The molecule has 1 heterocycles. The van der Waals surface area contributed by atoms with Gasteiger partial charge in [0, 0.05) is 18.7 Å². The van der Waals surface area contributed by atoms with E-state index >= 15 is 0 Å². The second kappa shape index (κ2) is 6.08. The number of hydrogen-bond acceptors (Lipinski definition) is 1. The molecule has 1 fully saturated rings. The van der Waals surface area contributed by atoms with Gasteiger partial charge >= 0.3 is 0 Å². The van der Waals surface area contributed by atoms with Crippen LogP contribution in [0.25, 0.3) is 0 Å². The molecule has 1 aliphatic rings. The molecular weight excluding hydrogens is 261 g/mol. The predicted molar refractivity (Wildman–Crippen MR) is 89.5 cm³/mol. The molecule has 20 heavy (non-hydrogen) atoms. The quantitative estimate of drug-likeness (QED) is 0.783. The Kier molecular flexibility index (Phi) is 4.19. The van der Waals surface area contributed by atoms with Crippen LogP contribution in [-0.2, 0) is 0 Å². The highest BCUT2D eigenvalue weighted by Crippen LogP contribution is 2.45. The van der Waals surface area contributed by atoms with Crippen LogP contribution in [-0.4, -0.2) is 30.7 Å². The Bertz CT molecular complexity index is 500. The van der Waals surface area contributed by atoms with Crippen LogP contribution in [0.3, 0.4) is 0 Å². The molecule has 1 saturated heterocycles. The Labute approximate surface area is 123 Å². The van der Waals surface area contributed by atoms with E-state index in [2.05, 4.69) is 79.5 Å². The van der Waals surface area contributed by atoms with E-state index in [0.717, 1.165) is 11.6 Å². The lowest BCUT2D eigenvalue weighted by Crippen LogP contribution is -2.26. The van der Waals surface area contributed by atoms with Crippen LogP contribution < -0.4 is 10.6 Å². The van der Waals surface area contributed by atoms with Crippen molar-refractivity contribution in [2.24, 2.45) is 5.92 Å². The summed E-state index contributed by atoms with van der Waals surface area (Å²) in [5, 5.41) is 3.03. The molecule has 0 N–H and O–H groups in total. The SMILES string of the molecule is CC1CN(C)CC1P(c1ccccc1)c1ccccc1. The molecule has 2 aromatic carbocycles. The minimum Gasteiger partial charge on any atom is -0.305 e. The lowest BCUT2D eigenvalue weighted by Gasteiger charge is -2.28. The van der Waals surface area contributed by atoms with Gasteiger partial charge < -0.3 is 4.90 Å². The van der Waals surface area contributed by atoms with Gasteiger partial charge in [-0.25, -0.2) is 0 Å². The molecular formula is C18H22NP. The highest BCUT2D eigenvalue weighted by Gasteiger charge is 2.35. The first-order chi connectivity index (χ1) is 9.75. The largest absolute Gasteiger partial charge is 0.305 e. The van der Waals surface area contributed by atoms with Gasteiger partial charge in [-0.15, -0.1) is 0 Å². The fraction of sp³-hybridized carbons (Fsp3) is 0.333. The van der Waals surface area contributed by atoms with E-state index < -0.39 is 0 Å². The van der Waals surface area contributed by atoms with Crippen LogP contribution in [0.2, 0.25) is 0 Å². The Morgan fingerprint density at radius 2 is 1.35 bits per heavy atom. The molecule has 2 heteroatoms. The number of hydrogen-bond donors (Lipinski definition) is 0. The van der Waals surface area contributed by atoms with Crippen LogP contribution in [0, 0.1) is 5.92 Å². The Morgan fingerprint density at radius 3 is 1.75 bits per heavy atom. The molecule has 1 aliphatic heterocycles. The summed E-state index contributed by atoms with van der Waals surface area (Å²) in [5.74, 6) is 0.770. The van der Waals surface area contributed by atoms with Crippen molar-refractivity contribution in [3.63, 3.8) is 0 Å². The van der Waals surface area contributed by atoms with Crippen molar-refractivity contribution in [3.05, 3.63) is 60.7 Å². The zero-order chi connectivity index (χ0) is 13.9. The van der Waals surface area contributed by atoms with Gasteiger partial charge in [-0.1, -0.05) is 67.6 Å². The topological polar surface area (TPSA) is 3.24 Å². The summed E-state index contributed by atoms with van der Waals surface area (Å²) in [4.78, 5) is 2.48. The minimum atomic E-state index is -0.260. The van der Waals surface area contributed by atoms with E-state index in [1.807, 2.05) is 0 Å². The average Bonchev–Trinajstić information content (AvgIpc) is 2.80. The van der Waals surface area contributed by atoms with Crippen molar-refractivity contribution < 1.29 is 0 Å². The fourth-order valence-corrected chi connectivity index (χ4v) is 6.33. The summed E-state index contributed by atoms with van der Waals surface area (Å²) in [6, 6.07) is 22.2. The second-order valence-corrected chi connectivity index (χ2v) is 8.24. The third kappa shape index (κ3) is 2.80. The zero-order valence-electron chi connectivity index (χ0n) is 12.2. The van der Waals surface area contributed by atoms with Gasteiger partial charge in [-0.3, -0.25) is 0 Å². The summed E-state index contributed by atoms with van der Waals surface area (Å²) in [7, 11) is 1.99. The van der Waals surface area contributed by atoms with Crippen molar-refractivity contribution >= 4 is 18.5 Å². The first-order valence-corrected chi connectivity index (χ1v) is 8.74. The highest BCUT2D eigenvalue weighted by atomic mass is 31.1. The van der Waals surface area contributed by atoms with Crippen molar-refractivity contribution in [3.8, 4) is 0 Å². The third-order valence-corrected chi connectivity index (χ3v) is 7.20. The van der Waals surface area contributed by atoms with Crippen molar-refractivity contribution in [1.82, 2.24) is 4.90 Å². The van der Waals surface area contributed by atoms with E-state index in [0.29, 0.717) is 0 Å². The lowest BCUT2D eigenvalue weighted by atomic mass is 10.1. The maximum atomic E-state index is 2.48. The van der Waals surface area contributed by atoms with E-state index in [1.165, 1.54) is 23.7 Å². The maximum Gasteiger partial charge on any atom is 0.00553 e. The van der Waals surface area contributed by atoms with Crippen LogP contribution in [0.4, 0.5) is 0 Å². The lowest BCUT2D eigenvalue weighted by molar-refractivity contribution is 0.402. The molecule has 3 rings (SSSR count). The molecule has 0 amide bonds. The molecule has 1 nitrogen and oxygen atoms in total. The van der Waals surface area contributed by atoms with Crippen LogP contribution in [0.15, 0.2) is 60.7 Å². The van der Waals surface area contributed by atoms with Gasteiger partial charge in [-0.05, 0) is 31.5 Å². The number of nitrogens with zero attached hydrogens (tertiary/aromatic N) is 1. The average molecular weight is 283 g/mol. The molecule has 0 aromatic heterocycles. The van der Waals surface area contributed by atoms with E-state index in [4.69, 9.17) is 0 Å². The zero-order valence-corrected chi connectivity index (χ0v) is 13.1. The second-order valence-electron chi connectivity index (χ2n) is 5.81. The number of benzene rings is 2. The molecule has 2 unspecified atom stereocenters. The monoisotopic (exact) mass is 283 g/mol. The van der Waals surface area contributed by atoms with Gasteiger partial charge in [0.2, 0.25) is 0 Å². The summed E-state index contributed by atoms with van der Waals surface area (Å²) in [6.45, 7) is 4.86. The van der Waals surface area contributed by atoms with Crippen molar-refractivity contribution in [2.45, 2.75) is 12.6 Å². The van der Waals surface area contributed by atoms with Gasteiger partial charge in [-0.2, -0.15) is 0 Å². The van der Waals surface area contributed by atoms with E-state index in [1.54, 1.807) is 0 Å². The summed E-state index contributed by atoms with van der Waals surface area (Å²) >= 11 is 0. The number of likely N-dealkylation sites (tertiary alicyclic amines) is 1. The van der Waals surface area contributed by atoms with E-state index in [9.17, 15) is 0 Å². The molecule has 0 aliphatic carbocycles. The van der Waals surface area contributed by atoms with Crippen molar-refractivity contribution in [2.75, 3.05) is 20.1 Å². The summed E-state index contributed by atoms with van der Waals surface area (Å²) < 4.78 is 0.